The predicted octanol–water partition coefficient (Wildman–Crippen LogP) is 4.71. The van der Waals surface area contributed by atoms with Crippen LogP contribution in [0.2, 0.25) is 0 Å². The highest BCUT2D eigenvalue weighted by molar-refractivity contribution is 5.46. The molecule has 2 rings (SSSR count). The monoisotopic (exact) mass is 268 g/mol. The lowest BCUT2D eigenvalue weighted by molar-refractivity contribution is 0.736. The van der Waals surface area contributed by atoms with Crippen LogP contribution in [0.15, 0.2) is 42.6 Å². The Kier molecular flexibility index (Phi) is 4.43. The molecule has 1 unspecified atom stereocenters. The normalized spacial score (nSPS) is 12.5. The zero-order valence-electron chi connectivity index (χ0n) is 13.1. The molecule has 0 N–H and O–H groups in total. The molecule has 1 heterocycles. The predicted molar refractivity (Wildman–Crippen MR) is 86.3 cm³/mol. The molecule has 1 atom stereocenters. The molecule has 2 heteroatoms. The molecule has 1 aromatic heterocycles. The van der Waals surface area contributed by atoms with Crippen LogP contribution in [0.5, 0.6) is 0 Å². The van der Waals surface area contributed by atoms with Crippen LogP contribution in [0.4, 0.5) is 5.69 Å². The molecule has 0 saturated carbocycles. The fraction of sp³-hybridized carbons (Fsp3) is 0.389. The van der Waals surface area contributed by atoms with Crippen molar-refractivity contribution in [1.82, 2.24) is 4.98 Å². The van der Waals surface area contributed by atoms with Crippen LogP contribution >= 0.6 is 0 Å². The number of rotatable bonds is 4. The highest BCUT2D eigenvalue weighted by Gasteiger charge is 2.12. The molecular formula is C18H24N2. The summed E-state index contributed by atoms with van der Waals surface area (Å²) in [5.41, 5.74) is 4.92. The molecule has 1 aromatic carbocycles. The molecule has 0 spiro atoms. The highest BCUT2D eigenvalue weighted by atomic mass is 15.1. The van der Waals surface area contributed by atoms with E-state index >= 15 is 0 Å². The minimum Gasteiger partial charge on any atom is -0.367 e. The Morgan fingerprint density at radius 3 is 2.00 bits per heavy atom. The van der Waals surface area contributed by atoms with Gasteiger partial charge < -0.3 is 4.90 Å². The van der Waals surface area contributed by atoms with Gasteiger partial charge in [0.05, 0.1) is 17.9 Å². The molecule has 2 aromatic rings. The number of pyridine rings is 1. The summed E-state index contributed by atoms with van der Waals surface area (Å²) in [6, 6.07) is 13.5. The van der Waals surface area contributed by atoms with E-state index in [0.717, 1.165) is 11.4 Å². The van der Waals surface area contributed by atoms with E-state index in [1.165, 1.54) is 11.1 Å². The van der Waals surface area contributed by atoms with Crippen LogP contribution in [-0.4, -0.2) is 12.0 Å². The van der Waals surface area contributed by atoms with Gasteiger partial charge >= 0.3 is 0 Å². The second kappa shape index (κ2) is 6.08. The van der Waals surface area contributed by atoms with Gasteiger partial charge in [-0.1, -0.05) is 38.1 Å². The standard InChI is InChI=1S/C18H24N2/c1-13(2)16-7-9-17(10-8-16)15(4)20(5)18-11-6-14(3)19-12-18/h6-13,15H,1-5H3. The van der Waals surface area contributed by atoms with Gasteiger partial charge in [-0.15, -0.1) is 0 Å². The molecule has 0 amide bonds. The largest absolute Gasteiger partial charge is 0.367 e. The fourth-order valence-electron chi connectivity index (χ4n) is 2.28. The van der Waals surface area contributed by atoms with Crippen molar-refractivity contribution < 1.29 is 0 Å². The molecule has 2 nitrogen and oxygen atoms in total. The number of aryl methyl sites for hydroxylation is 1. The Morgan fingerprint density at radius 2 is 1.50 bits per heavy atom. The molecule has 0 saturated heterocycles. The topological polar surface area (TPSA) is 16.1 Å². The molecule has 0 aliphatic heterocycles. The van der Waals surface area contributed by atoms with E-state index in [1.54, 1.807) is 0 Å². The third-order valence-electron chi connectivity index (χ3n) is 3.97. The van der Waals surface area contributed by atoms with Gasteiger partial charge in [0.2, 0.25) is 0 Å². The minimum atomic E-state index is 0.334. The van der Waals surface area contributed by atoms with Crippen LogP contribution in [0, 0.1) is 6.92 Å². The van der Waals surface area contributed by atoms with E-state index in [4.69, 9.17) is 0 Å². The van der Waals surface area contributed by atoms with Crippen molar-refractivity contribution >= 4 is 5.69 Å². The first-order valence-electron chi connectivity index (χ1n) is 7.24. The van der Waals surface area contributed by atoms with E-state index in [2.05, 4.69) is 74.1 Å². The van der Waals surface area contributed by atoms with Crippen molar-refractivity contribution in [3.8, 4) is 0 Å². The van der Waals surface area contributed by atoms with Crippen LogP contribution in [0.25, 0.3) is 0 Å². The van der Waals surface area contributed by atoms with Crippen LogP contribution in [0.1, 0.15) is 49.6 Å². The summed E-state index contributed by atoms with van der Waals surface area (Å²) >= 11 is 0. The Morgan fingerprint density at radius 1 is 0.900 bits per heavy atom. The third-order valence-corrected chi connectivity index (χ3v) is 3.97. The number of benzene rings is 1. The third kappa shape index (κ3) is 3.19. The van der Waals surface area contributed by atoms with Gasteiger partial charge in [-0.25, -0.2) is 0 Å². The lowest BCUT2D eigenvalue weighted by atomic mass is 9.99. The molecular weight excluding hydrogens is 244 g/mol. The van der Waals surface area contributed by atoms with E-state index in [-0.39, 0.29) is 0 Å². The molecule has 0 aliphatic rings. The lowest BCUT2D eigenvalue weighted by Gasteiger charge is -2.27. The zero-order valence-corrected chi connectivity index (χ0v) is 13.1. The lowest BCUT2D eigenvalue weighted by Crippen LogP contribution is -2.21. The molecule has 0 fully saturated rings. The molecule has 0 aliphatic carbocycles. The average Bonchev–Trinajstić information content (AvgIpc) is 2.46. The first kappa shape index (κ1) is 14.6. The average molecular weight is 268 g/mol. The molecule has 20 heavy (non-hydrogen) atoms. The number of hydrogen-bond acceptors (Lipinski definition) is 2. The minimum absolute atomic E-state index is 0.334. The van der Waals surface area contributed by atoms with Gasteiger partial charge in [-0.05, 0) is 43.0 Å². The summed E-state index contributed by atoms with van der Waals surface area (Å²) in [5.74, 6) is 0.582. The van der Waals surface area contributed by atoms with Crippen LogP contribution < -0.4 is 4.90 Å². The van der Waals surface area contributed by atoms with Crippen LogP contribution in [-0.2, 0) is 0 Å². The van der Waals surface area contributed by atoms with E-state index in [1.807, 2.05) is 13.1 Å². The maximum absolute atomic E-state index is 4.37. The maximum Gasteiger partial charge on any atom is 0.0555 e. The van der Waals surface area contributed by atoms with Gasteiger partial charge in [0.25, 0.3) is 0 Å². The number of anilines is 1. The second-order valence-electron chi connectivity index (χ2n) is 5.77. The van der Waals surface area contributed by atoms with Crippen molar-refractivity contribution in [1.29, 1.82) is 0 Å². The second-order valence-corrected chi connectivity index (χ2v) is 5.77. The first-order chi connectivity index (χ1) is 9.49. The Balaban J connectivity index is 2.17. The van der Waals surface area contributed by atoms with Gasteiger partial charge in [-0.3, -0.25) is 4.98 Å². The molecule has 0 radical (unpaired) electrons. The van der Waals surface area contributed by atoms with Crippen molar-refractivity contribution in [3.63, 3.8) is 0 Å². The number of aromatic nitrogens is 1. The van der Waals surface area contributed by atoms with Gasteiger partial charge in [0.1, 0.15) is 0 Å². The van der Waals surface area contributed by atoms with Crippen molar-refractivity contribution in [2.24, 2.45) is 0 Å². The smallest absolute Gasteiger partial charge is 0.0555 e. The summed E-state index contributed by atoms with van der Waals surface area (Å²) in [4.78, 5) is 6.63. The fourth-order valence-corrected chi connectivity index (χ4v) is 2.28. The Labute approximate surface area is 122 Å². The van der Waals surface area contributed by atoms with Gasteiger partial charge in [-0.2, -0.15) is 0 Å². The van der Waals surface area contributed by atoms with Gasteiger partial charge in [0.15, 0.2) is 0 Å². The van der Waals surface area contributed by atoms with Crippen molar-refractivity contribution in [2.45, 2.75) is 39.7 Å². The SMILES string of the molecule is Cc1ccc(N(C)C(C)c2ccc(C(C)C)cc2)cn1. The Bertz CT molecular complexity index is 541. The van der Waals surface area contributed by atoms with Gasteiger partial charge in [0, 0.05) is 12.7 Å². The number of hydrogen-bond donors (Lipinski definition) is 0. The Hall–Kier alpha value is -1.83. The van der Waals surface area contributed by atoms with E-state index in [9.17, 15) is 0 Å². The quantitative estimate of drug-likeness (QED) is 0.798. The summed E-state index contributed by atoms with van der Waals surface area (Å²) in [6.45, 7) is 8.69. The summed E-state index contributed by atoms with van der Waals surface area (Å²) in [7, 11) is 2.12. The van der Waals surface area contributed by atoms with E-state index < -0.39 is 0 Å². The van der Waals surface area contributed by atoms with E-state index in [0.29, 0.717) is 12.0 Å². The maximum atomic E-state index is 4.37. The first-order valence-corrected chi connectivity index (χ1v) is 7.24. The van der Waals surface area contributed by atoms with Crippen LogP contribution in [0.3, 0.4) is 0 Å². The summed E-state index contributed by atoms with van der Waals surface area (Å²) in [6.07, 6.45) is 1.94. The highest BCUT2D eigenvalue weighted by Crippen LogP contribution is 2.26. The summed E-state index contributed by atoms with van der Waals surface area (Å²) < 4.78 is 0. The number of nitrogens with zero attached hydrogens (tertiary/aromatic N) is 2. The van der Waals surface area contributed by atoms with Crippen molar-refractivity contribution in [2.75, 3.05) is 11.9 Å². The zero-order chi connectivity index (χ0) is 14.7. The molecule has 106 valence electrons. The summed E-state index contributed by atoms with van der Waals surface area (Å²) in [5, 5.41) is 0. The molecule has 0 bridgehead atoms. The van der Waals surface area contributed by atoms with Crippen molar-refractivity contribution in [3.05, 3.63) is 59.4 Å².